The number of aromatic carboxylic acids is 1. The van der Waals surface area contributed by atoms with Gasteiger partial charge < -0.3 is 21.5 Å². The summed E-state index contributed by atoms with van der Waals surface area (Å²) in [5.41, 5.74) is 4.88. The number of hydrogen-bond donors (Lipinski definition) is 4. The van der Waals surface area contributed by atoms with Gasteiger partial charge in [0.1, 0.15) is 11.4 Å². The lowest BCUT2D eigenvalue weighted by Gasteiger charge is -2.13. The normalized spacial score (nSPS) is 11.8. The minimum atomic E-state index is -1.32. The highest BCUT2D eigenvalue weighted by atomic mass is 19.1. The van der Waals surface area contributed by atoms with E-state index in [0.717, 1.165) is 12.5 Å². The van der Waals surface area contributed by atoms with E-state index in [1.165, 1.54) is 6.07 Å². The van der Waals surface area contributed by atoms with Gasteiger partial charge in [-0.25, -0.2) is 9.18 Å². The number of benzene rings is 1. The van der Waals surface area contributed by atoms with Gasteiger partial charge >= 0.3 is 5.97 Å². The van der Waals surface area contributed by atoms with Gasteiger partial charge in [0.15, 0.2) is 0 Å². The molecule has 0 saturated carbocycles. The van der Waals surface area contributed by atoms with Crippen LogP contribution in [-0.2, 0) is 4.79 Å². The number of anilines is 2. The molecular formula is C14H20FN3O3. The second kappa shape index (κ2) is 7.47. The van der Waals surface area contributed by atoms with Crippen LogP contribution in [0.1, 0.15) is 37.0 Å². The van der Waals surface area contributed by atoms with Crippen LogP contribution in [0.3, 0.4) is 0 Å². The Kier molecular flexibility index (Phi) is 5.95. The van der Waals surface area contributed by atoms with Crippen LogP contribution >= 0.6 is 0 Å². The van der Waals surface area contributed by atoms with E-state index in [9.17, 15) is 14.0 Å². The van der Waals surface area contributed by atoms with Crippen LogP contribution in [0, 0.1) is 5.82 Å². The number of carboxylic acid groups (broad SMARTS) is 1. The average molecular weight is 297 g/mol. The summed E-state index contributed by atoms with van der Waals surface area (Å²) in [6.07, 6.45) is 1.01. The summed E-state index contributed by atoms with van der Waals surface area (Å²) in [5, 5.41) is 14.7. The smallest absolute Gasteiger partial charge is 0.340 e. The number of hydrogen-bond acceptors (Lipinski definition) is 4. The Morgan fingerprint density at radius 1 is 1.43 bits per heavy atom. The van der Waals surface area contributed by atoms with E-state index in [0.29, 0.717) is 0 Å². The first-order chi connectivity index (χ1) is 9.86. The maximum atomic E-state index is 13.3. The lowest BCUT2D eigenvalue weighted by atomic mass is 10.1. The Labute approximate surface area is 122 Å². The molecule has 1 rings (SSSR count). The number of carbonyl (C=O) groups is 2. The zero-order chi connectivity index (χ0) is 16.0. The highest BCUT2D eigenvalue weighted by molar-refractivity contribution is 6.00. The van der Waals surface area contributed by atoms with Crippen molar-refractivity contribution in [1.29, 1.82) is 0 Å². The van der Waals surface area contributed by atoms with Crippen LogP contribution in [0.15, 0.2) is 12.1 Å². The van der Waals surface area contributed by atoms with Gasteiger partial charge in [-0.3, -0.25) is 4.79 Å². The van der Waals surface area contributed by atoms with Gasteiger partial charge in [-0.1, -0.05) is 6.92 Å². The van der Waals surface area contributed by atoms with Gasteiger partial charge in [0.05, 0.1) is 11.4 Å². The van der Waals surface area contributed by atoms with Crippen molar-refractivity contribution < 1.29 is 19.1 Å². The molecule has 0 aliphatic rings. The van der Waals surface area contributed by atoms with Crippen molar-refractivity contribution in [2.45, 2.75) is 32.7 Å². The first kappa shape index (κ1) is 16.7. The van der Waals surface area contributed by atoms with Crippen molar-refractivity contribution in [2.24, 2.45) is 0 Å². The van der Waals surface area contributed by atoms with Gasteiger partial charge in [0.2, 0.25) is 5.91 Å². The number of rotatable bonds is 7. The van der Waals surface area contributed by atoms with Gasteiger partial charge in [-0.15, -0.1) is 0 Å². The molecule has 1 unspecified atom stereocenters. The first-order valence-electron chi connectivity index (χ1n) is 6.71. The van der Waals surface area contributed by atoms with E-state index in [4.69, 9.17) is 10.8 Å². The number of nitrogens with one attached hydrogen (secondary N) is 2. The van der Waals surface area contributed by atoms with Crippen molar-refractivity contribution in [3.63, 3.8) is 0 Å². The second-order valence-corrected chi connectivity index (χ2v) is 4.74. The minimum absolute atomic E-state index is 0.0912. The average Bonchev–Trinajstić information content (AvgIpc) is 2.42. The molecule has 21 heavy (non-hydrogen) atoms. The molecule has 7 heteroatoms. The summed E-state index contributed by atoms with van der Waals surface area (Å²) in [5.74, 6) is -2.24. The minimum Gasteiger partial charge on any atom is -0.478 e. The predicted octanol–water partition coefficient (Wildman–Crippen LogP) is 1.82. The van der Waals surface area contributed by atoms with E-state index in [2.05, 4.69) is 10.6 Å². The number of carbonyl (C=O) groups excluding carboxylic acids is 1. The molecule has 1 amide bonds. The zero-order valence-corrected chi connectivity index (χ0v) is 12.1. The number of nitrogens with two attached hydrogens (primary N) is 1. The van der Waals surface area contributed by atoms with Crippen molar-refractivity contribution >= 4 is 23.3 Å². The third-order valence-corrected chi connectivity index (χ3v) is 3.09. The fraction of sp³-hybridized carbons (Fsp3) is 0.429. The molecule has 0 aliphatic carbocycles. The molecule has 6 nitrogen and oxygen atoms in total. The maximum Gasteiger partial charge on any atom is 0.340 e. The lowest BCUT2D eigenvalue weighted by Crippen LogP contribution is -2.33. The summed E-state index contributed by atoms with van der Waals surface area (Å²) < 4.78 is 13.3. The first-order valence-corrected chi connectivity index (χ1v) is 6.71. The molecule has 116 valence electrons. The van der Waals surface area contributed by atoms with E-state index in [1.807, 2.05) is 13.8 Å². The lowest BCUT2D eigenvalue weighted by molar-refractivity contribution is -0.121. The molecule has 0 spiro atoms. The summed E-state index contributed by atoms with van der Waals surface area (Å²) in [7, 11) is 0. The second-order valence-electron chi connectivity index (χ2n) is 4.74. The Morgan fingerprint density at radius 2 is 2.10 bits per heavy atom. The van der Waals surface area contributed by atoms with E-state index >= 15 is 0 Å². The molecule has 0 fully saturated rings. The fourth-order valence-corrected chi connectivity index (χ4v) is 1.73. The Bertz CT molecular complexity index is 534. The summed E-state index contributed by atoms with van der Waals surface area (Å²) in [6.45, 7) is 4.09. The summed E-state index contributed by atoms with van der Waals surface area (Å²) in [4.78, 5) is 22.7. The third-order valence-electron chi connectivity index (χ3n) is 3.09. The van der Waals surface area contributed by atoms with Crippen LogP contribution in [0.5, 0.6) is 0 Å². The van der Waals surface area contributed by atoms with E-state index in [1.54, 1.807) is 0 Å². The molecule has 1 aromatic rings. The van der Waals surface area contributed by atoms with E-state index < -0.39 is 17.5 Å². The van der Waals surface area contributed by atoms with Crippen molar-refractivity contribution in [3.8, 4) is 0 Å². The third kappa shape index (κ3) is 4.62. The van der Waals surface area contributed by atoms with Crippen LogP contribution in [-0.4, -0.2) is 29.6 Å². The Balaban J connectivity index is 2.66. The Morgan fingerprint density at radius 3 is 2.67 bits per heavy atom. The van der Waals surface area contributed by atoms with Gasteiger partial charge in [-0.05, 0) is 25.5 Å². The van der Waals surface area contributed by atoms with Crippen molar-refractivity contribution in [1.82, 2.24) is 5.32 Å². The quantitative estimate of drug-likeness (QED) is 0.575. The highest BCUT2D eigenvalue weighted by Gasteiger charge is 2.17. The maximum absolute atomic E-state index is 13.3. The largest absolute Gasteiger partial charge is 0.478 e. The molecule has 5 N–H and O–H groups in total. The standard InChI is InChI=1S/C14H20FN3O3/c1-3-8(2)18-11(19)6-7-17-10-5-4-9(15)13(16)12(10)14(20)21/h4-5,8,17H,3,6-7,16H2,1-2H3,(H,18,19)(H,20,21). The topological polar surface area (TPSA) is 104 Å². The summed E-state index contributed by atoms with van der Waals surface area (Å²) in [6, 6.07) is 2.47. The molecule has 0 aromatic heterocycles. The Hall–Kier alpha value is -2.31. The molecule has 0 bridgehead atoms. The molecular weight excluding hydrogens is 277 g/mol. The van der Waals surface area contributed by atoms with Crippen LogP contribution in [0.2, 0.25) is 0 Å². The number of nitrogen functional groups attached to an aromatic ring is 1. The van der Waals surface area contributed by atoms with Crippen LogP contribution in [0.4, 0.5) is 15.8 Å². The van der Waals surface area contributed by atoms with Gasteiger partial charge in [0, 0.05) is 19.0 Å². The number of amides is 1. The fourth-order valence-electron chi connectivity index (χ4n) is 1.73. The van der Waals surface area contributed by atoms with E-state index in [-0.39, 0.29) is 36.2 Å². The SMILES string of the molecule is CCC(C)NC(=O)CCNc1ccc(F)c(N)c1C(=O)O. The predicted molar refractivity (Wildman–Crippen MR) is 78.8 cm³/mol. The molecule has 1 atom stereocenters. The van der Waals surface area contributed by atoms with Gasteiger partial charge in [-0.2, -0.15) is 0 Å². The number of carboxylic acids is 1. The molecule has 1 aromatic carbocycles. The highest BCUT2D eigenvalue weighted by Crippen LogP contribution is 2.25. The van der Waals surface area contributed by atoms with Crippen LogP contribution in [0.25, 0.3) is 0 Å². The van der Waals surface area contributed by atoms with Crippen LogP contribution < -0.4 is 16.4 Å². The number of halogens is 1. The van der Waals surface area contributed by atoms with Gasteiger partial charge in [0.25, 0.3) is 0 Å². The monoisotopic (exact) mass is 297 g/mol. The molecule has 0 saturated heterocycles. The molecule has 0 aliphatic heterocycles. The summed E-state index contributed by atoms with van der Waals surface area (Å²) >= 11 is 0. The molecule has 0 radical (unpaired) electrons. The van der Waals surface area contributed by atoms with Crippen molar-refractivity contribution in [2.75, 3.05) is 17.6 Å². The van der Waals surface area contributed by atoms with Crippen molar-refractivity contribution in [3.05, 3.63) is 23.5 Å². The zero-order valence-electron chi connectivity index (χ0n) is 12.1. The molecule has 0 heterocycles.